The van der Waals surface area contributed by atoms with E-state index in [1.807, 2.05) is 0 Å². The van der Waals surface area contributed by atoms with E-state index in [4.69, 9.17) is 5.73 Å². The van der Waals surface area contributed by atoms with Crippen LogP contribution in [0.3, 0.4) is 0 Å². The molecule has 16 heavy (non-hydrogen) atoms. The van der Waals surface area contributed by atoms with Crippen LogP contribution in [0.1, 0.15) is 25.5 Å². The lowest BCUT2D eigenvalue weighted by molar-refractivity contribution is 0.530. The molecule has 1 aromatic heterocycles. The standard InChI is InChI=1S/C10H17N3O2S/c1-10(2-3-10)7-13-16(14,15)9-4-8(5-11)12-6-9/h4,6,12-13H,2-3,5,7,11H2,1H3. The molecule has 0 bridgehead atoms. The number of rotatable bonds is 5. The Morgan fingerprint density at radius 2 is 2.25 bits per heavy atom. The van der Waals surface area contributed by atoms with Crippen molar-refractivity contribution in [1.29, 1.82) is 0 Å². The monoisotopic (exact) mass is 243 g/mol. The SMILES string of the molecule is CC1(CNS(=O)(=O)c2c[nH]c(CN)c2)CC1. The average molecular weight is 243 g/mol. The molecule has 4 N–H and O–H groups in total. The van der Waals surface area contributed by atoms with Crippen molar-refractivity contribution in [2.75, 3.05) is 6.54 Å². The maximum absolute atomic E-state index is 11.9. The Morgan fingerprint density at radius 3 is 2.75 bits per heavy atom. The van der Waals surface area contributed by atoms with Gasteiger partial charge in [-0.25, -0.2) is 13.1 Å². The van der Waals surface area contributed by atoms with Gasteiger partial charge in [-0.05, 0) is 24.3 Å². The fourth-order valence-corrected chi connectivity index (χ4v) is 2.65. The van der Waals surface area contributed by atoms with Crippen molar-refractivity contribution >= 4 is 10.0 Å². The molecule has 0 amide bonds. The lowest BCUT2D eigenvalue weighted by atomic mass is 10.2. The number of H-pyrrole nitrogens is 1. The molecule has 1 saturated carbocycles. The van der Waals surface area contributed by atoms with Crippen molar-refractivity contribution in [1.82, 2.24) is 9.71 Å². The van der Waals surface area contributed by atoms with Gasteiger partial charge in [0.1, 0.15) is 0 Å². The van der Waals surface area contributed by atoms with Crippen molar-refractivity contribution in [2.45, 2.75) is 31.2 Å². The van der Waals surface area contributed by atoms with Gasteiger partial charge in [-0.1, -0.05) is 6.92 Å². The molecule has 1 aliphatic carbocycles. The Balaban J connectivity index is 2.06. The second kappa shape index (κ2) is 3.87. The van der Waals surface area contributed by atoms with Gasteiger partial charge >= 0.3 is 0 Å². The van der Waals surface area contributed by atoms with Gasteiger partial charge in [0, 0.05) is 25.0 Å². The largest absolute Gasteiger partial charge is 0.363 e. The van der Waals surface area contributed by atoms with E-state index >= 15 is 0 Å². The first-order valence-corrected chi connectivity index (χ1v) is 6.81. The van der Waals surface area contributed by atoms with Crippen LogP contribution in [0.15, 0.2) is 17.2 Å². The Morgan fingerprint density at radius 1 is 1.56 bits per heavy atom. The van der Waals surface area contributed by atoms with Crippen molar-refractivity contribution in [3.05, 3.63) is 18.0 Å². The molecule has 0 radical (unpaired) electrons. The minimum absolute atomic E-state index is 0.167. The molecule has 0 spiro atoms. The topological polar surface area (TPSA) is 88.0 Å². The number of sulfonamides is 1. The van der Waals surface area contributed by atoms with E-state index in [1.165, 1.54) is 6.20 Å². The summed E-state index contributed by atoms with van der Waals surface area (Å²) >= 11 is 0. The Labute approximate surface area is 95.5 Å². The van der Waals surface area contributed by atoms with Crippen LogP contribution in [-0.4, -0.2) is 19.9 Å². The fraction of sp³-hybridized carbons (Fsp3) is 0.600. The van der Waals surface area contributed by atoms with Gasteiger partial charge in [-0.2, -0.15) is 0 Å². The first-order chi connectivity index (χ1) is 7.45. The highest BCUT2D eigenvalue weighted by Crippen LogP contribution is 2.44. The Kier molecular flexibility index (Phi) is 2.81. The quantitative estimate of drug-likeness (QED) is 0.705. The normalized spacial score (nSPS) is 18.6. The molecule has 0 saturated heterocycles. The van der Waals surface area contributed by atoms with Crippen LogP contribution in [0.2, 0.25) is 0 Å². The van der Waals surface area contributed by atoms with E-state index in [9.17, 15) is 8.42 Å². The van der Waals surface area contributed by atoms with E-state index in [2.05, 4.69) is 16.6 Å². The van der Waals surface area contributed by atoms with E-state index < -0.39 is 10.0 Å². The summed E-state index contributed by atoms with van der Waals surface area (Å²) in [7, 11) is -3.38. The number of nitrogens with one attached hydrogen (secondary N) is 2. The van der Waals surface area contributed by atoms with Crippen molar-refractivity contribution < 1.29 is 8.42 Å². The Hall–Kier alpha value is -0.850. The van der Waals surface area contributed by atoms with Crippen molar-refractivity contribution in [2.24, 2.45) is 11.1 Å². The molecule has 0 atom stereocenters. The molecule has 1 aromatic rings. The predicted octanol–water partition coefficient (Wildman–Crippen LogP) is 0.552. The summed E-state index contributed by atoms with van der Waals surface area (Å²) in [4.78, 5) is 3.09. The van der Waals surface area contributed by atoms with Gasteiger partial charge in [0.2, 0.25) is 10.0 Å². The lowest BCUT2D eigenvalue weighted by Crippen LogP contribution is -2.28. The van der Waals surface area contributed by atoms with Crippen LogP contribution in [-0.2, 0) is 16.6 Å². The number of nitrogens with two attached hydrogens (primary N) is 1. The minimum Gasteiger partial charge on any atom is -0.363 e. The third-order valence-corrected chi connectivity index (χ3v) is 4.42. The molecule has 0 aromatic carbocycles. The number of aromatic amines is 1. The van der Waals surface area contributed by atoms with E-state index in [0.29, 0.717) is 13.1 Å². The first-order valence-electron chi connectivity index (χ1n) is 5.32. The van der Waals surface area contributed by atoms with Gasteiger partial charge in [-0.15, -0.1) is 0 Å². The maximum atomic E-state index is 11.9. The molecule has 90 valence electrons. The van der Waals surface area contributed by atoms with Crippen molar-refractivity contribution in [3.63, 3.8) is 0 Å². The number of hydrogen-bond acceptors (Lipinski definition) is 3. The zero-order valence-electron chi connectivity index (χ0n) is 9.29. The average Bonchev–Trinajstić information content (AvgIpc) is 2.81. The van der Waals surface area contributed by atoms with E-state index in [0.717, 1.165) is 18.5 Å². The van der Waals surface area contributed by atoms with Gasteiger partial charge in [0.05, 0.1) is 4.90 Å². The van der Waals surface area contributed by atoms with Crippen LogP contribution in [0.5, 0.6) is 0 Å². The Bertz CT molecular complexity index is 474. The van der Waals surface area contributed by atoms with Gasteiger partial charge in [0.25, 0.3) is 0 Å². The first kappa shape index (κ1) is 11.6. The maximum Gasteiger partial charge on any atom is 0.242 e. The predicted molar refractivity (Wildman–Crippen MR) is 61.2 cm³/mol. The highest BCUT2D eigenvalue weighted by Gasteiger charge is 2.38. The van der Waals surface area contributed by atoms with Crippen LogP contribution >= 0.6 is 0 Å². The summed E-state index contributed by atoms with van der Waals surface area (Å²) in [5.74, 6) is 0. The number of hydrogen-bond donors (Lipinski definition) is 3. The highest BCUT2D eigenvalue weighted by molar-refractivity contribution is 7.89. The second-order valence-electron chi connectivity index (χ2n) is 4.70. The summed E-state index contributed by atoms with van der Waals surface area (Å²) < 4.78 is 26.4. The molecular weight excluding hydrogens is 226 g/mol. The van der Waals surface area contributed by atoms with Crippen LogP contribution in [0.4, 0.5) is 0 Å². The smallest absolute Gasteiger partial charge is 0.242 e. The zero-order chi connectivity index (χ0) is 11.8. The highest BCUT2D eigenvalue weighted by atomic mass is 32.2. The van der Waals surface area contributed by atoms with Crippen LogP contribution < -0.4 is 10.5 Å². The van der Waals surface area contributed by atoms with Gasteiger partial charge < -0.3 is 10.7 Å². The van der Waals surface area contributed by atoms with Crippen LogP contribution in [0.25, 0.3) is 0 Å². The lowest BCUT2D eigenvalue weighted by Gasteiger charge is -2.09. The third-order valence-electron chi connectivity index (χ3n) is 3.04. The number of aromatic nitrogens is 1. The van der Waals surface area contributed by atoms with Crippen molar-refractivity contribution in [3.8, 4) is 0 Å². The fourth-order valence-electron chi connectivity index (χ4n) is 1.43. The molecule has 6 heteroatoms. The molecule has 1 heterocycles. The molecule has 0 unspecified atom stereocenters. The van der Waals surface area contributed by atoms with E-state index in [-0.39, 0.29) is 10.3 Å². The molecular formula is C10H17N3O2S. The summed E-state index contributed by atoms with van der Waals surface area (Å²) in [6.45, 7) is 2.91. The van der Waals surface area contributed by atoms with E-state index in [1.54, 1.807) is 6.07 Å². The summed E-state index contributed by atoms with van der Waals surface area (Å²) in [5, 5.41) is 0. The van der Waals surface area contributed by atoms with Gasteiger partial charge in [-0.3, -0.25) is 0 Å². The molecule has 1 fully saturated rings. The molecule has 2 rings (SSSR count). The third kappa shape index (κ3) is 2.45. The van der Waals surface area contributed by atoms with Crippen LogP contribution in [0, 0.1) is 5.41 Å². The molecule has 1 aliphatic rings. The zero-order valence-corrected chi connectivity index (χ0v) is 10.1. The molecule has 0 aliphatic heterocycles. The molecule has 5 nitrogen and oxygen atoms in total. The summed E-state index contributed by atoms with van der Waals surface area (Å²) in [6, 6.07) is 1.57. The minimum atomic E-state index is -3.38. The summed E-state index contributed by atoms with van der Waals surface area (Å²) in [6.07, 6.45) is 3.66. The second-order valence-corrected chi connectivity index (χ2v) is 6.47. The van der Waals surface area contributed by atoms with Gasteiger partial charge in [0.15, 0.2) is 0 Å². The summed E-state index contributed by atoms with van der Waals surface area (Å²) in [5.41, 5.74) is 6.30.